The number of hydrogen-bond acceptors (Lipinski definition) is 5. The number of nitro benzene ring substituents is 1. The number of carbonyl (C=O) groups is 2. The lowest BCUT2D eigenvalue weighted by Gasteiger charge is -2.12. The Labute approximate surface area is 119 Å². The molecule has 7 nitrogen and oxygen atoms in total. The molecule has 0 spiro atoms. The van der Waals surface area contributed by atoms with Crippen molar-refractivity contribution in [2.75, 3.05) is 5.75 Å². The first-order chi connectivity index (χ1) is 9.36. The van der Waals surface area contributed by atoms with Crippen LogP contribution in [0.5, 0.6) is 0 Å². The number of carboxylic acids is 1. The van der Waals surface area contributed by atoms with E-state index < -0.39 is 22.8 Å². The van der Waals surface area contributed by atoms with Gasteiger partial charge in [0.25, 0.3) is 11.6 Å². The van der Waals surface area contributed by atoms with E-state index in [1.54, 1.807) is 0 Å². The van der Waals surface area contributed by atoms with E-state index >= 15 is 0 Å². The minimum absolute atomic E-state index is 0.110. The Morgan fingerprint density at radius 1 is 1.50 bits per heavy atom. The summed E-state index contributed by atoms with van der Waals surface area (Å²) in [5, 5.41) is 21.8. The van der Waals surface area contributed by atoms with Gasteiger partial charge < -0.3 is 10.4 Å². The summed E-state index contributed by atoms with van der Waals surface area (Å²) in [6.07, 6.45) is 0. The summed E-state index contributed by atoms with van der Waals surface area (Å²) in [5.74, 6) is -1.12. The maximum atomic E-state index is 12.0. The highest BCUT2D eigenvalue weighted by atomic mass is 32.2. The van der Waals surface area contributed by atoms with Gasteiger partial charge in [-0.15, -0.1) is 11.8 Å². The van der Waals surface area contributed by atoms with E-state index in [-0.39, 0.29) is 11.3 Å². The maximum absolute atomic E-state index is 12.0. The maximum Gasteiger partial charge on any atom is 0.325 e. The zero-order chi connectivity index (χ0) is 15.3. The molecule has 0 fully saturated rings. The number of carboxylic acid groups (broad SMARTS) is 1. The van der Waals surface area contributed by atoms with Gasteiger partial charge in [-0.3, -0.25) is 19.7 Å². The molecule has 1 aromatic carbocycles. The van der Waals surface area contributed by atoms with Crippen LogP contribution >= 0.6 is 11.8 Å². The number of aliphatic carboxylic acids is 1. The third kappa shape index (κ3) is 3.95. The van der Waals surface area contributed by atoms with Gasteiger partial charge in [0.15, 0.2) is 0 Å². The van der Waals surface area contributed by atoms with Gasteiger partial charge >= 0.3 is 5.97 Å². The highest BCUT2D eigenvalue weighted by Crippen LogP contribution is 2.26. The zero-order valence-corrected chi connectivity index (χ0v) is 11.8. The van der Waals surface area contributed by atoms with Crippen LogP contribution in [0.1, 0.15) is 24.2 Å². The van der Waals surface area contributed by atoms with Gasteiger partial charge in [0.2, 0.25) is 0 Å². The van der Waals surface area contributed by atoms with Crippen molar-refractivity contribution in [2.45, 2.75) is 24.8 Å². The molecule has 2 N–H and O–H groups in total. The number of nitrogens with one attached hydrogen (secondary N) is 1. The molecule has 108 valence electrons. The van der Waals surface area contributed by atoms with Crippen molar-refractivity contribution in [2.24, 2.45) is 0 Å². The molecule has 0 aliphatic carbocycles. The number of hydrogen-bond donors (Lipinski definition) is 2. The minimum atomic E-state index is -1.17. The molecule has 0 radical (unpaired) electrons. The number of nitrogens with zero attached hydrogens (tertiary/aromatic N) is 1. The zero-order valence-electron chi connectivity index (χ0n) is 11.0. The SMILES string of the molecule is CCSc1ccc([N+](=O)[O-])cc1C(=O)N[C@H](C)C(=O)O. The van der Waals surface area contributed by atoms with Crippen molar-refractivity contribution in [3.8, 4) is 0 Å². The second kappa shape index (κ2) is 6.90. The van der Waals surface area contributed by atoms with Crippen molar-refractivity contribution >= 4 is 29.3 Å². The fourth-order valence-electron chi connectivity index (χ4n) is 1.43. The lowest BCUT2D eigenvalue weighted by atomic mass is 10.1. The smallest absolute Gasteiger partial charge is 0.325 e. The Morgan fingerprint density at radius 2 is 2.15 bits per heavy atom. The molecule has 0 aliphatic heterocycles. The molecule has 0 heterocycles. The summed E-state index contributed by atoms with van der Waals surface area (Å²) in [4.78, 5) is 33.5. The molecule has 1 aromatic rings. The lowest BCUT2D eigenvalue weighted by molar-refractivity contribution is -0.384. The quantitative estimate of drug-likeness (QED) is 0.471. The summed E-state index contributed by atoms with van der Waals surface area (Å²) in [6, 6.07) is 2.89. The van der Waals surface area contributed by atoms with Crippen LogP contribution in [0.4, 0.5) is 5.69 Å². The second-order valence-corrected chi connectivity index (χ2v) is 5.21. The summed E-state index contributed by atoms with van der Waals surface area (Å²) in [5.41, 5.74) is -0.0993. The normalized spacial score (nSPS) is 11.7. The summed E-state index contributed by atoms with van der Waals surface area (Å²) in [7, 11) is 0. The first kappa shape index (κ1) is 16.0. The van der Waals surface area contributed by atoms with Crippen LogP contribution in [0.3, 0.4) is 0 Å². The molecule has 0 aliphatic rings. The van der Waals surface area contributed by atoms with E-state index in [1.807, 2.05) is 6.92 Å². The van der Waals surface area contributed by atoms with E-state index in [9.17, 15) is 19.7 Å². The Morgan fingerprint density at radius 3 is 2.65 bits per heavy atom. The average molecular weight is 298 g/mol. The summed E-state index contributed by atoms with van der Waals surface area (Å²) < 4.78 is 0. The van der Waals surface area contributed by atoms with E-state index in [0.717, 1.165) is 6.07 Å². The largest absolute Gasteiger partial charge is 0.480 e. The Balaban J connectivity index is 3.11. The van der Waals surface area contributed by atoms with Crippen LogP contribution in [-0.4, -0.2) is 33.7 Å². The van der Waals surface area contributed by atoms with Crippen LogP contribution in [0.2, 0.25) is 0 Å². The third-order valence-corrected chi connectivity index (χ3v) is 3.39. The van der Waals surface area contributed by atoms with E-state index in [1.165, 1.54) is 30.8 Å². The first-order valence-electron chi connectivity index (χ1n) is 5.81. The number of non-ortho nitro benzene ring substituents is 1. The van der Waals surface area contributed by atoms with Crippen molar-refractivity contribution in [3.05, 3.63) is 33.9 Å². The highest BCUT2D eigenvalue weighted by molar-refractivity contribution is 7.99. The molecule has 0 aromatic heterocycles. The molecule has 0 bridgehead atoms. The van der Waals surface area contributed by atoms with Gasteiger partial charge in [-0.2, -0.15) is 0 Å². The summed E-state index contributed by atoms with van der Waals surface area (Å²) in [6.45, 7) is 3.21. The van der Waals surface area contributed by atoms with Crippen molar-refractivity contribution in [1.29, 1.82) is 0 Å². The van der Waals surface area contributed by atoms with E-state index in [2.05, 4.69) is 5.32 Å². The van der Waals surface area contributed by atoms with Gasteiger partial charge in [0.1, 0.15) is 6.04 Å². The molecule has 1 rings (SSSR count). The number of rotatable bonds is 6. The van der Waals surface area contributed by atoms with Crippen LogP contribution in [0, 0.1) is 10.1 Å². The molecule has 8 heteroatoms. The lowest BCUT2D eigenvalue weighted by Crippen LogP contribution is -2.38. The monoisotopic (exact) mass is 298 g/mol. The number of amides is 1. The molecular formula is C12H14N2O5S. The Bertz CT molecular complexity index is 547. The summed E-state index contributed by atoms with van der Waals surface area (Å²) >= 11 is 1.36. The van der Waals surface area contributed by atoms with Gasteiger partial charge in [-0.05, 0) is 18.7 Å². The van der Waals surface area contributed by atoms with Crippen molar-refractivity contribution in [1.82, 2.24) is 5.32 Å². The van der Waals surface area contributed by atoms with Gasteiger partial charge in [-0.1, -0.05) is 6.92 Å². The standard InChI is InChI=1S/C12H14N2O5S/c1-3-20-10-5-4-8(14(18)19)6-9(10)11(15)13-7(2)12(16)17/h4-7H,3H2,1-2H3,(H,13,15)(H,16,17)/t7-/m1/s1. The Hall–Kier alpha value is -2.09. The molecule has 0 unspecified atom stereocenters. The van der Waals surface area contributed by atoms with Crippen molar-refractivity contribution < 1.29 is 19.6 Å². The third-order valence-electron chi connectivity index (χ3n) is 2.44. The van der Waals surface area contributed by atoms with Crippen LogP contribution in [-0.2, 0) is 4.79 Å². The van der Waals surface area contributed by atoms with Crippen molar-refractivity contribution in [3.63, 3.8) is 0 Å². The number of carbonyl (C=O) groups excluding carboxylic acids is 1. The molecule has 1 amide bonds. The number of benzene rings is 1. The Kier molecular flexibility index (Phi) is 5.51. The fraction of sp³-hybridized carbons (Fsp3) is 0.333. The highest BCUT2D eigenvalue weighted by Gasteiger charge is 2.20. The van der Waals surface area contributed by atoms with Gasteiger partial charge in [-0.25, -0.2) is 0 Å². The topological polar surface area (TPSA) is 110 Å². The number of thioether (sulfide) groups is 1. The van der Waals surface area contributed by atoms with Gasteiger partial charge in [0.05, 0.1) is 10.5 Å². The predicted octanol–water partition coefficient (Wildman–Crippen LogP) is 1.91. The molecule has 0 saturated heterocycles. The van der Waals surface area contributed by atoms with E-state index in [4.69, 9.17) is 5.11 Å². The van der Waals surface area contributed by atoms with E-state index in [0.29, 0.717) is 10.6 Å². The van der Waals surface area contributed by atoms with Crippen LogP contribution < -0.4 is 5.32 Å². The molecule has 20 heavy (non-hydrogen) atoms. The fourth-order valence-corrected chi connectivity index (χ4v) is 2.21. The van der Waals surface area contributed by atoms with Crippen LogP contribution in [0.25, 0.3) is 0 Å². The molecular weight excluding hydrogens is 284 g/mol. The predicted molar refractivity (Wildman–Crippen MR) is 74.1 cm³/mol. The van der Waals surface area contributed by atoms with Crippen LogP contribution in [0.15, 0.2) is 23.1 Å². The second-order valence-electron chi connectivity index (χ2n) is 3.90. The van der Waals surface area contributed by atoms with Gasteiger partial charge in [0, 0.05) is 17.0 Å². The molecule has 0 saturated carbocycles. The molecule has 1 atom stereocenters. The first-order valence-corrected chi connectivity index (χ1v) is 6.80. The average Bonchev–Trinajstić information content (AvgIpc) is 2.38. The minimum Gasteiger partial charge on any atom is -0.480 e. The number of nitro groups is 1.